The van der Waals surface area contributed by atoms with Crippen molar-refractivity contribution in [3.8, 4) is 0 Å². The fourth-order valence-electron chi connectivity index (χ4n) is 2.20. The number of fused-ring (bicyclic) bond motifs is 1. The summed E-state index contributed by atoms with van der Waals surface area (Å²) in [6, 6.07) is 13.6. The number of oxime groups is 1. The van der Waals surface area contributed by atoms with E-state index >= 15 is 0 Å². The van der Waals surface area contributed by atoms with Crippen molar-refractivity contribution in [2.75, 3.05) is 11.9 Å². The Morgan fingerprint density at radius 2 is 1.82 bits per heavy atom. The van der Waals surface area contributed by atoms with Crippen LogP contribution in [-0.4, -0.2) is 24.6 Å². The molecule has 1 amide bonds. The largest absolute Gasteiger partial charge is 0.367 e. The number of rotatable bonds is 2. The highest BCUT2D eigenvalue weighted by Gasteiger charge is 2.32. The van der Waals surface area contributed by atoms with Gasteiger partial charge in [-0.1, -0.05) is 47.1 Å². The second-order valence-corrected chi connectivity index (χ2v) is 5.09. The van der Waals surface area contributed by atoms with Crippen LogP contribution in [0.1, 0.15) is 15.9 Å². The van der Waals surface area contributed by atoms with Gasteiger partial charge in [-0.2, -0.15) is 0 Å². The maximum absolute atomic E-state index is 12.2. The molecule has 0 saturated heterocycles. The van der Waals surface area contributed by atoms with E-state index in [-0.39, 0.29) is 22.2 Å². The summed E-state index contributed by atoms with van der Waals surface area (Å²) in [5.74, 6) is -1.04. The highest BCUT2D eigenvalue weighted by molar-refractivity contribution is 6.54. The van der Waals surface area contributed by atoms with E-state index in [9.17, 15) is 9.59 Å². The summed E-state index contributed by atoms with van der Waals surface area (Å²) in [6.07, 6.45) is 0. The first-order chi connectivity index (χ1) is 10.6. The lowest BCUT2D eigenvalue weighted by atomic mass is 10.1. The van der Waals surface area contributed by atoms with Gasteiger partial charge in [0.2, 0.25) is 0 Å². The van der Waals surface area contributed by atoms with Gasteiger partial charge < -0.3 is 9.74 Å². The molecular formula is C16H11ClN2O3. The molecule has 22 heavy (non-hydrogen) atoms. The predicted octanol–water partition coefficient (Wildman–Crippen LogP) is 2.88. The molecule has 0 radical (unpaired) electrons. The van der Waals surface area contributed by atoms with Gasteiger partial charge in [0.05, 0.1) is 16.3 Å². The fourth-order valence-corrected chi connectivity index (χ4v) is 2.41. The minimum Gasteiger partial charge on any atom is -0.312 e. The first-order valence-electron chi connectivity index (χ1n) is 6.51. The van der Waals surface area contributed by atoms with Crippen molar-refractivity contribution in [1.29, 1.82) is 0 Å². The van der Waals surface area contributed by atoms with Crippen LogP contribution in [0.25, 0.3) is 0 Å². The molecular weight excluding hydrogens is 304 g/mol. The number of hydrogen-bond acceptors (Lipinski definition) is 4. The van der Waals surface area contributed by atoms with Crippen molar-refractivity contribution in [3.63, 3.8) is 0 Å². The normalized spacial score (nSPS) is 15.1. The van der Waals surface area contributed by atoms with Gasteiger partial charge in [0.15, 0.2) is 5.71 Å². The van der Waals surface area contributed by atoms with Gasteiger partial charge in [-0.3, -0.25) is 4.79 Å². The van der Waals surface area contributed by atoms with Crippen molar-refractivity contribution >= 4 is 34.9 Å². The van der Waals surface area contributed by atoms with Crippen molar-refractivity contribution in [2.45, 2.75) is 0 Å². The maximum Gasteiger partial charge on any atom is 0.367 e. The highest BCUT2D eigenvalue weighted by Crippen LogP contribution is 2.27. The Balaban J connectivity index is 1.89. The molecule has 5 nitrogen and oxygen atoms in total. The molecule has 1 heterocycles. The Morgan fingerprint density at radius 3 is 2.59 bits per heavy atom. The molecule has 110 valence electrons. The maximum atomic E-state index is 12.2. The number of amides is 1. The molecule has 0 fully saturated rings. The lowest BCUT2D eigenvalue weighted by Gasteiger charge is -2.07. The Morgan fingerprint density at radius 1 is 1.14 bits per heavy atom. The van der Waals surface area contributed by atoms with Crippen LogP contribution >= 0.6 is 11.6 Å². The van der Waals surface area contributed by atoms with Crippen LogP contribution in [0.5, 0.6) is 0 Å². The molecule has 1 aliphatic heterocycles. The molecule has 0 spiro atoms. The third kappa shape index (κ3) is 2.35. The Hall–Kier alpha value is -2.66. The zero-order valence-corrected chi connectivity index (χ0v) is 12.4. The number of para-hydroxylation sites is 1. The van der Waals surface area contributed by atoms with Gasteiger partial charge in [0.1, 0.15) is 0 Å². The van der Waals surface area contributed by atoms with Crippen LogP contribution in [0.3, 0.4) is 0 Å². The van der Waals surface area contributed by atoms with Crippen molar-refractivity contribution in [2.24, 2.45) is 5.16 Å². The van der Waals surface area contributed by atoms with Crippen LogP contribution in [0.15, 0.2) is 53.7 Å². The summed E-state index contributed by atoms with van der Waals surface area (Å²) < 4.78 is 0. The number of hydrogen-bond donors (Lipinski definition) is 0. The molecule has 0 saturated carbocycles. The number of anilines is 1. The van der Waals surface area contributed by atoms with E-state index < -0.39 is 5.97 Å². The standard InChI is InChI=1S/C16H11ClN2O3/c1-19-13-9-5-3-7-11(13)14(15(19)20)18-22-16(21)10-6-2-4-8-12(10)17/h2-9H,1H3/b18-14+. The second-order valence-electron chi connectivity index (χ2n) is 4.68. The van der Waals surface area contributed by atoms with Gasteiger partial charge in [-0.15, -0.1) is 0 Å². The van der Waals surface area contributed by atoms with Gasteiger partial charge in [-0.05, 0) is 18.2 Å². The van der Waals surface area contributed by atoms with Crippen LogP contribution in [0.2, 0.25) is 5.02 Å². The molecule has 6 heteroatoms. The number of carbonyl (C=O) groups excluding carboxylic acids is 2. The lowest BCUT2D eigenvalue weighted by Crippen LogP contribution is -2.25. The first-order valence-corrected chi connectivity index (χ1v) is 6.88. The summed E-state index contributed by atoms with van der Waals surface area (Å²) in [5.41, 5.74) is 1.64. The number of carbonyl (C=O) groups is 2. The number of benzene rings is 2. The zero-order valence-electron chi connectivity index (χ0n) is 11.6. The molecule has 2 aromatic rings. The molecule has 0 bridgehead atoms. The fraction of sp³-hybridized carbons (Fsp3) is 0.0625. The second kappa shape index (κ2) is 5.61. The number of nitrogens with zero attached hydrogens (tertiary/aromatic N) is 2. The van der Waals surface area contributed by atoms with Crippen LogP contribution < -0.4 is 4.90 Å². The Bertz CT molecular complexity index is 801. The lowest BCUT2D eigenvalue weighted by molar-refractivity contribution is -0.112. The summed E-state index contributed by atoms with van der Waals surface area (Å²) >= 11 is 5.92. The summed E-state index contributed by atoms with van der Waals surface area (Å²) in [4.78, 5) is 30.5. The van der Waals surface area contributed by atoms with Crippen LogP contribution in [0.4, 0.5) is 5.69 Å². The molecule has 0 aromatic heterocycles. The van der Waals surface area contributed by atoms with Gasteiger partial charge in [-0.25, -0.2) is 4.79 Å². The van der Waals surface area contributed by atoms with Crippen LogP contribution in [0, 0.1) is 0 Å². The third-order valence-corrected chi connectivity index (χ3v) is 3.67. The minimum atomic E-state index is -0.710. The SMILES string of the molecule is CN1C(=O)/C(=N/OC(=O)c2ccccc2Cl)c2ccccc21. The van der Waals surface area contributed by atoms with Crippen LogP contribution in [-0.2, 0) is 9.63 Å². The third-order valence-electron chi connectivity index (χ3n) is 3.34. The Labute approximate surface area is 131 Å². The number of likely N-dealkylation sites (N-methyl/N-ethyl adjacent to an activating group) is 1. The highest BCUT2D eigenvalue weighted by atomic mass is 35.5. The molecule has 2 aromatic carbocycles. The van der Waals surface area contributed by atoms with Crippen molar-refractivity contribution in [1.82, 2.24) is 0 Å². The average molecular weight is 315 g/mol. The number of halogens is 1. The minimum absolute atomic E-state index is 0.0958. The van der Waals surface area contributed by atoms with E-state index in [2.05, 4.69) is 5.16 Å². The summed E-state index contributed by atoms with van der Waals surface area (Å²) in [7, 11) is 1.64. The summed E-state index contributed by atoms with van der Waals surface area (Å²) in [6.45, 7) is 0. The smallest absolute Gasteiger partial charge is 0.312 e. The van der Waals surface area contributed by atoms with Crippen molar-refractivity contribution in [3.05, 3.63) is 64.7 Å². The molecule has 0 N–H and O–H groups in total. The first kappa shape index (κ1) is 14.3. The summed E-state index contributed by atoms with van der Waals surface area (Å²) in [5, 5.41) is 4.00. The van der Waals surface area contributed by atoms with Gasteiger partial charge >= 0.3 is 5.97 Å². The Kier molecular flexibility index (Phi) is 3.65. The average Bonchev–Trinajstić information content (AvgIpc) is 2.77. The molecule has 3 rings (SSSR count). The molecule has 0 atom stereocenters. The monoisotopic (exact) mass is 314 g/mol. The van der Waals surface area contributed by atoms with E-state index in [1.54, 1.807) is 43.4 Å². The molecule has 0 unspecified atom stereocenters. The molecule has 0 aliphatic carbocycles. The van der Waals surface area contributed by atoms with E-state index in [1.807, 2.05) is 6.07 Å². The molecule has 1 aliphatic rings. The van der Waals surface area contributed by atoms with Gasteiger partial charge in [0.25, 0.3) is 5.91 Å². The van der Waals surface area contributed by atoms with Crippen molar-refractivity contribution < 1.29 is 14.4 Å². The van der Waals surface area contributed by atoms with E-state index in [1.165, 1.54) is 11.0 Å². The van der Waals surface area contributed by atoms with E-state index in [0.717, 1.165) is 5.69 Å². The van der Waals surface area contributed by atoms with Gasteiger partial charge in [0, 0.05) is 12.6 Å². The predicted molar refractivity (Wildman–Crippen MR) is 83.3 cm³/mol. The van der Waals surface area contributed by atoms with E-state index in [0.29, 0.717) is 5.56 Å². The zero-order chi connectivity index (χ0) is 15.7. The van der Waals surface area contributed by atoms with E-state index in [4.69, 9.17) is 16.4 Å². The quantitative estimate of drug-likeness (QED) is 0.632. The topological polar surface area (TPSA) is 59.0 Å².